The van der Waals surface area contributed by atoms with E-state index in [0.717, 1.165) is 0 Å². The van der Waals surface area contributed by atoms with Gasteiger partial charge in [-0.3, -0.25) is 0 Å². The molecule has 0 aromatic carbocycles. The summed E-state index contributed by atoms with van der Waals surface area (Å²) in [7, 11) is 1.64. The molecule has 0 bridgehead atoms. The predicted molar refractivity (Wildman–Crippen MR) is 45.7 cm³/mol. The number of rotatable bonds is 3. The second-order valence-corrected chi connectivity index (χ2v) is 2.75. The zero-order chi connectivity index (χ0) is 9.07. The Morgan fingerprint density at radius 2 is 2.09 bits per heavy atom. The molecule has 0 unspecified atom stereocenters. The molecule has 0 saturated heterocycles. The Hall–Kier alpha value is -0.990. The van der Waals surface area contributed by atoms with E-state index in [-0.39, 0.29) is 0 Å². The highest BCUT2D eigenvalue weighted by Gasteiger charge is 2.21. The van der Waals surface area contributed by atoms with E-state index in [2.05, 4.69) is 11.9 Å². The third-order valence-corrected chi connectivity index (χ3v) is 1.40. The maximum atomic E-state index is 13.2. The van der Waals surface area contributed by atoms with Gasteiger partial charge in [0.1, 0.15) is 11.5 Å². The van der Waals surface area contributed by atoms with Gasteiger partial charge in [-0.25, -0.2) is 4.39 Å². The standard InChI is InChI=1S/C8H15FN2/c1-5-6(7(10)11-4)8(2,3)9/h5,11H,1,10H2,2-4H3/b7-6-. The lowest BCUT2D eigenvalue weighted by Gasteiger charge is -2.17. The molecule has 0 spiro atoms. The molecular formula is C8H15FN2. The molecule has 0 saturated carbocycles. The van der Waals surface area contributed by atoms with Crippen molar-refractivity contribution in [3.05, 3.63) is 24.0 Å². The van der Waals surface area contributed by atoms with E-state index in [4.69, 9.17) is 5.73 Å². The third kappa shape index (κ3) is 2.62. The van der Waals surface area contributed by atoms with Crippen molar-refractivity contribution in [3.63, 3.8) is 0 Å². The van der Waals surface area contributed by atoms with Gasteiger partial charge < -0.3 is 11.1 Å². The average Bonchev–Trinajstić information content (AvgIpc) is 1.86. The van der Waals surface area contributed by atoms with E-state index < -0.39 is 5.67 Å². The van der Waals surface area contributed by atoms with Crippen LogP contribution in [0.5, 0.6) is 0 Å². The summed E-state index contributed by atoms with van der Waals surface area (Å²) < 4.78 is 13.2. The molecule has 0 aliphatic rings. The Kier molecular flexibility index (Phi) is 3.11. The monoisotopic (exact) mass is 158 g/mol. The SMILES string of the molecule is C=C/C(=C(\N)NC)C(C)(C)F. The summed E-state index contributed by atoms with van der Waals surface area (Å²) in [4.78, 5) is 0. The second kappa shape index (κ2) is 3.42. The quantitative estimate of drug-likeness (QED) is 0.608. The highest BCUT2D eigenvalue weighted by Crippen LogP contribution is 2.21. The van der Waals surface area contributed by atoms with Gasteiger partial charge in [0.05, 0.1) is 0 Å². The second-order valence-electron chi connectivity index (χ2n) is 2.75. The smallest absolute Gasteiger partial charge is 0.133 e. The van der Waals surface area contributed by atoms with Crippen molar-refractivity contribution in [2.45, 2.75) is 19.5 Å². The van der Waals surface area contributed by atoms with Gasteiger partial charge in [0.2, 0.25) is 0 Å². The van der Waals surface area contributed by atoms with Crippen molar-refractivity contribution >= 4 is 0 Å². The summed E-state index contributed by atoms with van der Waals surface area (Å²) in [6.45, 7) is 6.36. The van der Waals surface area contributed by atoms with E-state index in [9.17, 15) is 4.39 Å². The predicted octanol–water partition coefficient (Wildman–Crippen LogP) is 1.31. The zero-order valence-electron chi connectivity index (χ0n) is 7.24. The molecule has 0 aliphatic heterocycles. The van der Waals surface area contributed by atoms with E-state index in [1.807, 2.05) is 0 Å². The summed E-state index contributed by atoms with van der Waals surface area (Å²) >= 11 is 0. The Morgan fingerprint density at radius 1 is 1.64 bits per heavy atom. The first kappa shape index (κ1) is 10.0. The summed E-state index contributed by atoms with van der Waals surface area (Å²) in [6, 6.07) is 0. The van der Waals surface area contributed by atoms with Crippen molar-refractivity contribution in [1.29, 1.82) is 0 Å². The van der Waals surface area contributed by atoms with Crippen LogP contribution in [0.15, 0.2) is 24.0 Å². The van der Waals surface area contributed by atoms with Gasteiger partial charge in [0.25, 0.3) is 0 Å². The number of hydrogen-bond acceptors (Lipinski definition) is 2. The Labute approximate surface area is 67.0 Å². The van der Waals surface area contributed by atoms with Crippen LogP contribution in [0.4, 0.5) is 4.39 Å². The van der Waals surface area contributed by atoms with Crippen LogP contribution in [-0.2, 0) is 0 Å². The molecule has 11 heavy (non-hydrogen) atoms. The van der Waals surface area contributed by atoms with Gasteiger partial charge in [-0.1, -0.05) is 12.7 Å². The fourth-order valence-electron chi connectivity index (χ4n) is 0.808. The lowest BCUT2D eigenvalue weighted by atomic mass is 10.0. The number of nitrogens with one attached hydrogen (secondary N) is 1. The molecule has 0 radical (unpaired) electrons. The zero-order valence-corrected chi connectivity index (χ0v) is 7.24. The molecule has 2 nitrogen and oxygen atoms in total. The van der Waals surface area contributed by atoms with Crippen molar-refractivity contribution in [3.8, 4) is 0 Å². The first-order valence-corrected chi connectivity index (χ1v) is 3.42. The highest BCUT2D eigenvalue weighted by molar-refractivity contribution is 5.29. The molecule has 3 N–H and O–H groups in total. The van der Waals surface area contributed by atoms with Gasteiger partial charge in [-0.15, -0.1) is 0 Å². The number of hydrogen-bond donors (Lipinski definition) is 2. The van der Waals surface area contributed by atoms with Gasteiger partial charge in [-0.05, 0) is 13.8 Å². The molecular weight excluding hydrogens is 143 g/mol. The topological polar surface area (TPSA) is 38.0 Å². The van der Waals surface area contributed by atoms with Crippen LogP contribution in [0.3, 0.4) is 0 Å². The molecule has 0 fully saturated rings. The number of alkyl halides is 1. The summed E-state index contributed by atoms with van der Waals surface area (Å²) in [5.74, 6) is 0.326. The lowest BCUT2D eigenvalue weighted by Crippen LogP contribution is -2.25. The first-order chi connectivity index (χ1) is 4.93. The molecule has 0 amide bonds. The van der Waals surface area contributed by atoms with Crippen molar-refractivity contribution in [2.24, 2.45) is 5.73 Å². The van der Waals surface area contributed by atoms with Crippen LogP contribution < -0.4 is 11.1 Å². The number of allylic oxidation sites excluding steroid dienone is 2. The molecule has 0 rings (SSSR count). The molecule has 0 heterocycles. The van der Waals surface area contributed by atoms with E-state index in [1.165, 1.54) is 19.9 Å². The maximum absolute atomic E-state index is 13.2. The van der Waals surface area contributed by atoms with Crippen LogP contribution >= 0.6 is 0 Å². The molecule has 0 aliphatic carbocycles. The van der Waals surface area contributed by atoms with E-state index >= 15 is 0 Å². The average molecular weight is 158 g/mol. The van der Waals surface area contributed by atoms with Crippen molar-refractivity contribution in [1.82, 2.24) is 5.32 Å². The third-order valence-electron chi connectivity index (χ3n) is 1.40. The van der Waals surface area contributed by atoms with Gasteiger partial charge in [0.15, 0.2) is 0 Å². The minimum Gasteiger partial charge on any atom is -0.385 e. The normalized spacial score (nSPS) is 13.8. The summed E-state index contributed by atoms with van der Waals surface area (Å²) in [5, 5.41) is 2.67. The molecule has 0 aromatic rings. The Bertz CT molecular complexity index is 177. The Balaban J connectivity index is 4.80. The first-order valence-electron chi connectivity index (χ1n) is 3.42. The molecule has 0 atom stereocenters. The largest absolute Gasteiger partial charge is 0.385 e. The fraction of sp³-hybridized carbons (Fsp3) is 0.500. The lowest BCUT2D eigenvalue weighted by molar-refractivity contribution is 0.271. The van der Waals surface area contributed by atoms with Crippen LogP contribution in [0.1, 0.15) is 13.8 Å². The minimum atomic E-state index is -1.44. The number of halogens is 1. The summed E-state index contributed by atoms with van der Waals surface area (Å²) in [6.07, 6.45) is 1.42. The summed E-state index contributed by atoms with van der Waals surface area (Å²) in [5.41, 5.74) is 4.42. The van der Waals surface area contributed by atoms with Crippen molar-refractivity contribution < 1.29 is 4.39 Å². The van der Waals surface area contributed by atoms with Gasteiger partial charge >= 0.3 is 0 Å². The van der Waals surface area contributed by atoms with Crippen LogP contribution in [0.25, 0.3) is 0 Å². The van der Waals surface area contributed by atoms with Gasteiger partial charge in [0, 0.05) is 12.6 Å². The minimum absolute atomic E-state index is 0.326. The van der Waals surface area contributed by atoms with Crippen LogP contribution in [0.2, 0.25) is 0 Å². The van der Waals surface area contributed by atoms with Crippen LogP contribution in [-0.4, -0.2) is 12.7 Å². The highest BCUT2D eigenvalue weighted by atomic mass is 19.1. The van der Waals surface area contributed by atoms with Crippen molar-refractivity contribution in [2.75, 3.05) is 7.05 Å². The Morgan fingerprint density at radius 3 is 2.18 bits per heavy atom. The fourth-order valence-corrected chi connectivity index (χ4v) is 0.808. The number of nitrogens with two attached hydrogens (primary N) is 1. The maximum Gasteiger partial charge on any atom is 0.133 e. The van der Waals surface area contributed by atoms with Gasteiger partial charge in [-0.2, -0.15) is 0 Å². The van der Waals surface area contributed by atoms with E-state index in [0.29, 0.717) is 11.4 Å². The van der Waals surface area contributed by atoms with Crippen LogP contribution in [0, 0.1) is 0 Å². The molecule has 0 aromatic heterocycles. The van der Waals surface area contributed by atoms with E-state index in [1.54, 1.807) is 7.05 Å². The molecule has 64 valence electrons. The molecule has 3 heteroatoms.